The molecule has 0 bridgehead atoms. The molecule has 0 N–H and O–H groups in total. The molecule has 2 aromatic carbocycles. The second-order valence-electron chi connectivity index (χ2n) is 6.25. The van der Waals surface area contributed by atoms with Gasteiger partial charge in [-0.2, -0.15) is 0 Å². The Morgan fingerprint density at radius 2 is 1.62 bits per heavy atom. The van der Waals surface area contributed by atoms with E-state index in [0.29, 0.717) is 0 Å². The Balaban J connectivity index is 1.45. The van der Waals surface area contributed by atoms with Gasteiger partial charge in [-0.25, -0.2) is 9.37 Å². The van der Waals surface area contributed by atoms with Gasteiger partial charge in [-0.15, -0.1) is 0 Å². The second-order valence-corrected chi connectivity index (χ2v) is 6.25. The number of benzene rings is 2. The fraction of sp³-hybridized carbons (Fsp3) is 0.250. The first-order chi connectivity index (χ1) is 11.8. The van der Waals surface area contributed by atoms with E-state index in [1.54, 1.807) is 0 Å². The molecule has 0 aliphatic carbocycles. The van der Waals surface area contributed by atoms with E-state index in [1.807, 2.05) is 18.3 Å². The van der Waals surface area contributed by atoms with Gasteiger partial charge in [-0.3, -0.25) is 4.90 Å². The van der Waals surface area contributed by atoms with E-state index in [4.69, 9.17) is 0 Å². The van der Waals surface area contributed by atoms with Crippen LogP contribution in [0.2, 0.25) is 0 Å². The number of nitrogens with zero attached hydrogens (tertiary/aromatic N) is 3. The van der Waals surface area contributed by atoms with Crippen LogP contribution in [-0.4, -0.2) is 36.1 Å². The molecule has 0 atom stereocenters. The average molecular weight is 321 g/mol. The summed E-state index contributed by atoms with van der Waals surface area (Å²) in [6.45, 7) is 4.77. The summed E-state index contributed by atoms with van der Waals surface area (Å²) in [5.41, 5.74) is 1.16. The first-order valence-corrected chi connectivity index (χ1v) is 8.35. The molecule has 4 heteroatoms. The summed E-state index contributed by atoms with van der Waals surface area (Å²) in [6.07, 6.45) is 1.89. The lowest BCUT2D eigenvalue weighted by Gasteiger charge is -2.35. The van der Waals surface area contributed by atoms with Crippen molar-refractivity contribution in [3.8, 4) is 0 Å². The van der Waals surface area contributed by atoms with Crippen LogP contribution in [0.1, 0.15) is 5.56 Å². The third-order valence-electron chi connectivity index (χ3n) is 4.64. The van der Waals surface area contributed by atoms with Gasteiger partial charge in [0, 0.05) is 44.3 Å². The van der Waals surface area contributed by atoms with Crippen LogP contribution < -0.4 is 4.90 Å². The molecular weight excluding hydrogens is 301 g/mol. The van der Waals surface area contributed by atoms with Gasteiger partial charge in [0.15, 0.2) is 0 Å². The molecule has 0 saturated carbocycles. The topological polar surface area (TPSA) is 19.4 Å². The number of halogens is 1. The Morgan fingerprint density at radius 3 is 2.42 bits per heavy atom. The summed E-state index contributed by atoms with van der Waals surface area (Å²) in [7, 11) is 0. The van der Waals surface area contributed by atoms with E-state index < -0.39 is 0 Å². The van der Waals surface area contributed by atoms with Crippen molar-refractivity contribution in [2.24, 2.45) is 0 Å². The van der Waals surface area contributed by atoms with E-state index in [2.05, 4.69) is 45.1 Å². The number of aromatic nitrogens is 1. The highest BCUT2D eigenvalue weighted by atomic mass is 19.1. The van der Waals surface area contributed by atoms with Gasteiger partial charge in [0.1, 0.15) is 11.6 Å². The number of piperazine rings is 1. The maximum Gasteiger partial charge on any atom is 0.136 e. The lowest BCUT2D eigenvalue weighted by Crippen LogP contribution is -2.46. The van der Waals surface area contributed by atoms with Crippen molar-refractivity contribution < 1.29 is 4.39 Å². The van der Waals surface area contributed by atoms with Crippen molar-refractivity contribution in [2.45, 2.75) is 6.54 Å². The average Bonchev–Trinajstić information content (AvgIpc) is 2.64. The van der Waals surface area contributed by atoms with Crippen molar-refractivity contribution in [1.82, 2.24) is 9.88 Å². The Hall–Kier alpha value is -2.46. The minimum Gasteiger partial charge on any atom is -0.354 e. The quantitative estimate of drug-likeness (QED) is 0.733. The molecule has 1 aromatic heterocycles. The van der Waals surface area contributed by atoms with E-state index >= 15 is 0 Å². The monoisotopic (exact) mass is 321 g/mol. The number of fused-ring (bicyclic) bond motifs is 1. The smallest absolute Gasteiger partial charge is 0.136 e. The summed E-state index contributed by atoms with van der Waals surface area (Å²) in [4.78, 5) is 9.39. The lowest BCUT2D eigenvalue weighted by molar-refractivity contribution is 0.249. The Kier molecular flexibility index (Phi) is 4.13. The van der Waals surface area contributed by atoms with Crippen LogP contribution in [-0.2, 0) is 6.54 Å². The summed E-state index contributed by atoms with van der Waals surface area (Å²) in [5, 5.41) is 2.45. The predicted octanol–water partition coefficient (Wildman–Crippen LogP) is 3.70. The maximum atomic E-state index is 13.0. The maximum absolute atomic E-state index is 13.0. The highest BCUT2D eigenvalue weighted by molar-refractivity contribution is 5.92. The third kappa shape index (κ3) is 3.10. The zero-order valence-corrected chi connectivity index (χ0v) is 13.5. The van der Waals surface area contributed by atoms with Crippen molar-refractivity contribution >= 4 is 16.6 Å². The molecule has 4 rings (SSSR count). The van der Waals surface area contributed by atoms with E-state index in [9.17, 15) is 4.39 Å². The fourth-order valence-electron chi connectivity index (χ4n) is 3.32. The van der Waals surface area contributed by atoms with E-state index in [0.717, 1.165) is 44.1 Å². The largest absolute Gasteiger partial charge is 0.354 e. The normalized spacial score (nSPS) is 15.8. The molecule has 1 fully saturated rings. The van der Waals surface area contributed by atoms with E-state index in [1.165, 1.54) is 22.9 Å². The van der Waals surface area contributed by atoms with Gasteiger partial charge in [0.25, 0.3) is 0 Å². The van der Waals surface area contributed by atoms with Gasteiger partial charge in [0.2, 0.25) is 0 Å². The van der Waals surface area contributed by atoms with Crippen LogP contribution in [0.25, 0.3) is 10.8 Å². The molecule has 3 aromatic rings. The zero-order valence-electron chi connectivity index (χ0n) is 13.5. The number of anilines is 1. The van der Waals surface area contributed by atoms with Crippen LogP contribution in [0, 0.1) is 5.82 Å². The Bertz CT molecular complexity index is 818. The van der Waals surface area contributed by atoms with Gasteiger partial charge in [0.05, 0.1) is 0 Å². The van der Waals surface area contributed by atoms with Crippen LogP contribution >= 0.6 is 0 Å². The van der Waals surface area contributed by atoms with Crippen LogP contribution in [0.4, 0.5) is 10.2 Å². The lowest BCUT2D eigenvalue weighted by atomic mass is 10.1. The van der Waals surface area contributed by atoms with Gasteiger partial charge < -0.3 is 4.90 Å². The minimum atomic E-state index is -0.175. The number of hydrogen-bond acceptors (Lipinski definition) is 3. The standard InChI is InChI=1S/C20H20FN3/c21-18-7-5-16(6-8-18)15-23-11-13-24(14-12-23)20-19-4-2-1-3-17(19)9-10-22-20/h1-10H,11-15H2. The van der Waals surface area contributed by atoms with Crippen molar-refractivity contribution in [1.29, 1.82) is 0 Å². The van der Waals surface area contributed by atoms with Crippen molar-refractivity contribution in [2.75, 3.05) is 31.1 Å². The molecule has 24 heavy (non-hydrogen) atoms. The third-order valence-corrected chi connectivity index (χ3v) is 4.64. The Morgan fingerprint density at radius 1 is 0.875 bits per heavy atom. The summed E-state index contributed by atoms with van der Waals surface area (Å²) in [5.74, 6) is 0.903. The molecule has 1 aliphatic rings. The minimum absolute atomic E-state index is 0.175. The molecule has 0 amide bonds. The van der Waals surface area contributed by atoms with Gasteiger partial charge in [-0.05, 0) is 29.1 Å². The first-order valence-electron chi connectivity index (χ1n) is 8.35. The SMILES string of the molecule is Fc1ccc(CN2CCN(c3nccc4ccccc34)CC2)cc1. The van der Waals surface area contributed by atoms with Gasteiger partial charge >= 0.3 is 0 Å². The van der Waals surface area contributed by atoms with Crippen molar-refractivity contribution in [3.63, 3.8) is 0 Å². The molecule has 0 spiro atoms. The van der Waals surface area contributed by atoms with Crippen LogP contribution in [0.3, 0.4) is 0 Å². The molecular formula is C20H20FN3. The molecule has 1 saturated heterocycles. The predicted molar refractivity (Wildman–Crippen MR) is 95.6 cm³/mol. The number of pyridine rings is 1. The molecule has 3 nitrogen and oxygen atoms in total. The summed E-state index contributed by atoms with van der Waals surface area (Å²) < 4.78 is 13.0. The number of hydrogen-bond donors (Lipinski definition) is 0. The van der Waals surface area contributed by atoms with Crippen LogP contribution in [0.5, 0.6) is 0 Å². The molecule has 1 aliphatic heterocycles. The first kappa shape index (κ1) is 15.1. The fourth-order valence-corrected chi connectivity index (χ4v) is 3.32. The highest BCUT2D eigenvalue weighted by Gasteiger charge is 2.19. The summed E-state index contributed by atoms with van der Waals surface area (Å²) >= 11 is 0. The number of rotatable bonds is 3. The molecule has 122 valence electrons. The summed E-state index contributed by atoms with van der Waals surface area (Å²) in [6, 6.07) is 17.3. The Labute approximate surface area is 141 Å². The zero-order chi connectivity index (χ0) is 16.4. The van der Waals surface area contributed by atoms with Crippen LogP contribution in [0.15, 0.2) is 60.8 Å². The molecule has 0 unspecified atom stereocenters. The molecule has 2 heterocycles. The van der Waals surface area contributed by atoms with Gasteiger partial charge in [-0.1, -0.05) is 36.4 Å². The van der Waals surface area contributed by atoms with E-state index in [-0.39, 0.29) is 5.82 Å². The molecule has 0 radical (unpaired) electrons. The van der Waals surface area contributed by atoms with Crippen molar-refractivity contribution in [3.05, 3.63) is 72.2 Å². The highest BCUT2D eigenvalue weighted by Crippen LogP contribution is 2.25. The second kappa shape index (κ2) is 6.57.